The number of carbonyl (C=O) groups is 2. The van der Waals surface area contributed by atoms with E-state index in [2.05, 4.69) is 9.47 Å². The molecule has 0 aliphatic heterocycles. The van der Waals surface area contributed by atoms with E-state index in [0.717, 1.165) is 14.2 Å². The van der Waals surface area contributed by atoms with Gasteiger partial charge in [-0.25, -0.2) is 4.79 Å². The van der Waals surface area contributed by atoms with E-state index < -0.39 is 18.0 Å². The van der Waals surface area contributed by atoms with E-state index >= 15 is 0 Å². The third kappa shape index (κ3) is 2.02. The summed E-state index contributed by atoms with van der Waals surface area (Å²) in [5.41, 5.74) is 6.50. The van der Waals surface area contributed by atoms with Crippen LogP contribution in [0.4, 0.5) is 0 Å². The minimum atomic E-state index is -1.40. The highest BCUT2D eigenvalue weighted by molar-refractivity contribution is 5.99. The van der Waals surface area contributed by atoms with Crippen LogP contribution in [0.25, 0.3) is 0 Å². The molecule has 0 aromatic heterocycles. The van der Waals surface area contributed by atoms with Crippen molar-refractivity contribution in [1.29, 1.82) is 0 Å². The second-order valence-electron chi connectivity index (χ2n) is 1.50. The van der Waals surface area contributed by atoms with Gasteiger partial charge in [0.25, 0.3) is 5.91 Å². The second kappa shape index (κ2) is 3.84. The van der Waals surface area contributed by atoms with Gasteiger partial charge in [0.2, 0.25) is 6.10 Å². The van der Waals surface area contributed by atoms with E-state index in [1.54, 1.807) is 0 Å². The monoisotopic (exact) mass is 146 g/mol. The first-order chi connectivity index (χ1) is 4.63. The standard InChI is InChI=1S/C5H8NO4/c1-9-3(4(6)7)5(8)10-2/h3,6H,1-2H3. The summed E-state index contributed by atoms with van der Waals surface area (Å²) >= 11 is 0. The Morgan fingerprint density at radius 1 is 1.40 bits per heavy atom. The normalized spacial score (nSPS) is 12.2. The van der Waals surface area contributed by atoms with Crippen LogP contribution in [0.3, 0.4) is 0 Å². The van der Waals surface area contributed by atoms with E-state index in [4.69, 9.17) is 5.73 Å². The Morgan fingerprint density at radius 2 is 1.90 bits per heavy atom. The van der Waals surface area contributed by atoms with Gasteiger partial charge in [0.1, 0.15) is 0 Å². The Bertz CT molecular complexity index is 145. The van der Waals surface area contributed by atoms with Crippen LogP contribution in [0, 0.1) is 0 Å². The van der Waals surface area contributed by atoms with Crippen molar-refractivity contribution in [1.82, 2.24) is 5.73 Å². The molecule has 10 heavy (non-hydrogen) atoms. The molecule has 0 heterocycles. The topological polar surface area (TPSA) is 76.4 Å². The lowest BCUT2D eigenvalue weighted by molar-refractivity contribution is -0.157. The predicted octanol–water partition coefficient (Wildman–Crippen LogP) is -1.02. The van der Waals surface area contributed by atoms with Crippen LogP contribution in [-0.2, 0) is 19.1 Å². The van der Waals surface area contributed by atoms with Gasteiger partial charge in [-0.2, -0.15) is 0 Å². The maximum Gasteiger partial charge on any atom is 0.344 e. The van der Waals surface area contributed by atoms with Crippen molar-refractivity contribution in [3.63, 3.8) is 0 Å². The van der Waals surface area contributed by atoms with Crippen molar-refractivity contribution in [2.45, 2.75) is 6.10 Å². The molecule has 5 nitrogen and oxygen atoms in total. The molecule has 0 saturated heterocycles. The molecule has 0 aromatic rings. The average Bonchev–Trinajstić information content (AvgIpc) is 1.88. The number of esters is 1. The van der Waals surface area contributed by atoms with Crippen LogP contribution in [0.2, 0.25) is 0 Å². The zero-order chi connectivity index (χ0) is 8.15. The maximum absolute atomic E-state index is 10.5. The SMILES string of the molecule is COC(=O)C(OC)C([NH])=O. The first-order valence-corrected chi connectivity index (χ1v) is 2.49. The summed E-state index contributed by atoms with van der Waals surface area (Å²) in [6, 6.07) is 0. The van der Waals surface area contributed by atoms with Gasteiger partial charge in [0.15, 0.2) is 0 Å². The van der Waals surface area contributed by atoms with E-state index in [1.165, 1.54) is 0 Å². The van der Waals surface area contributed by atoms with E-state index in [0.29, 0.717) is 0 Å². The lowest BCUT2D eigenvalue weighted by atomic mass is 10.3. The first kappa shape index (κ1) is 8.90. The number of hydrogen-bond donors (Lipinski definition) is 0. The van der Waals surface area contributed by atoms with Crippen LogP contribution in [0.1, 0.15) is 0 Å². The van der Waals surface area contributed by atoms with Gasteiger partial charge in [-0.05, 0) is 0 Å². The van der Waals surface area contributed by atoms with Gasteiger partial charge in [-0.15, -0.1) is 0 Å². The fourth-order valence-electron chi connectivity index (χ4n) is 0.417. The number of methoxy groups -OCH3 is 2. The highest BCUT2D eigenvalue weighted by atomic mass is 16.6. The molecule has 0 spiro atoms. The van der Waals surface area contributed by atoms with E-state index in [9.17, 15) is 9.59 Å². The number of carbonyl (C=O) groups excluding carboxylic acids is 2. The van der Waals surface area contributed by atoms with Crippen molar-refractivity contribution in [3.05, 3.63) is 0 Å². The highest BCUT2D eigenvalue weighted by Crippen LogP contribution is 1.91. The highest BCUT2D eigenvalue weighted by Gasteiger charge is 2.24. The maximum atomic E-state index is 10.5. The third-order valence-electron chi connectivity index (χ3n) is 0.889. The largest absolute Gasteiger partial charge is 0.467 e. The fraction of sp³-hybridized carbons (Fsp3) is 0.600. The zero-order valence-corrected chi connectivity index (χ0v) is 5.71. The van der Waals surface area contributed by atoms with Gasteiger partial charge >= 0.3 is 5.97 Å². The summed E-state index contributed by atoms with van der Waals surface area (Å²) < 4.78 is 8.51. The molecule has 57 valence electrons. The molecule has 1 N–H and O–H groups in total. The quantitative estimate of drug-likeness (QED) is 0.377. The van der Waals surface area contributed by atoms with Gasteiger partial charge in [-0.1, -0.05) is 0 Å². The van der Waals surface area contributed by atoms with Crippen molar-refractivity contribution >= 4 is 11.9 Å². The summed E-state index contributed by atoms with van der Waals surface area (Å²) in [4.78, 5) is 20.7. The summed E-state index contributed by atoms with van der Waals surface area (Å²) in [6.07, 6.45) is -1.40. The van der Waals surface area contributed by atoms with Gasteiger partial charge in [0, 0.05) is 7.11 Å². The van der Waals surface area contributed by atoms with Crippen LogP contribution < -0.4 is 5.73 Å². The Morgan fingerprint density at radius 3 is 2.00 bits per heavy atom. The van der Waals surface area contributed by atoms with Crippen molar-refractivity contribution in [3.8, 4) is 0 Å². The molecule has 0 aromatic carbocycles. The molecule has 0 aliphatic carbocycles. The number of hydrogen-bond acceptors (Lipinski definition) is 4. The summed E-state index contributed by atoms with van der Waals surface area (Å²) in [6.45, 7) is 0. The molecule has 0 rings (SSSR count). The molecular formula is C5H8NO4. The Kier molecular flexibility index (Phi) is 3.42. The molecule has 1 atom stereocenters. The summed E-state index contributed by atoms with van der Waals surface area (Å²) in [5, 5.41) is 0. The van der Waals surface area contributed by atoms with Crippen molar-refractivity contribution in [2.75, 3.05) is 14.2 Å². The predicted molar refractivity (Wildman–Crippen MR) is 30.9 cm³/mol. The third-order valence-corrected chi connectivity index (χ3v) is 0.889. The number of nitrogens with one attached hydrogen (secondary N) is 1. The number of amides is 1. The molecule has 0 bridgehead atoms. The Labute approximate surface area is 58.1 Å². The first-order valence-electron chi connectivity index (χ1n) is 2.49. The van der Waals surface area contributed by atoms with Crippen molar-refractivity contribution in [2.24, 2.45) is 0 Å². The molecule has 1 radical (unpaired) electrons. The average molecular weight is 146 g/mol. The Balaban J connectivity index is 4.06. The molecular weight excluding hydrogens is 138 g/mol. The lowest BCUT2D eigenvalue weighted by Crippen LogP contribution is -2.33. The number of ether oxygens (including phenoxy) is 2. The Hall–Kier alpha value is -1.10. The molecule has 1 amide bonds. The second-order valence-corrected chi connectivity index (χ2v) is 1.50. The summed E-state index contributed by atoms with van der Waals surface area (Å²) in [7, 11) is 2.28. The van der Waals surface area contributed by atoms with E-state index in [1.807, 2.05) is 0 Å². The molecule has 0 saturated carbocycles. The van der Waals surface area contributed by atoms with Crippen LogP contribution in [0.5, 0.6) is 0 Å². The van der Waals surface area contributed by atoms with Crippen LogP contribution in [0.15, 0.2) is 0 Å². The van der Waals surface area contributed by atoms with Crippen LogP contribution >= 0.6 is 0 Å². The van der Waals surface area contributed by atoms with Gasteiger partial charge in [-0.3, -0.25) is 10.5 Å². The van der Waals surface area contributed by atoms with Crippen LogP contribution in [-0.4, -0.2) is 32.2 Å². The zero-order valence-electron chi connectivity index (χ0n) is 5.71. The molecule has 5 heteroatoms. The number of rotatable bonds is 3. The van der Waals surface area contributed by atoms with Gasteiger partial charge in [0.05, 0.1) is 7.11 Å². The minimum absolute atomic E-state index is 0.845. The molecule has 1 unspecified atom stereocenters. The van der Waals surface area contributed by atoms with E-state index in [-0.39, 0.29) is 0 Å². The van der Waals surface area contributed by atoms with Gasteiger partial charge < -0.3 is 9.47 Å². The minimum Gasteiger partial charge on any atom is -0.467 e. The lowest BCUT2D eigenvalue weighted by Gasteiger charge is -2.06. The summed E-state index contributed by atoms with van der Waals surface area (Å²) in [5.74, 6) is -1.95. The fourth-order valence-corrected chi connectivity index (χ4v) is 0.417. The van der Waals surface area contributed by atoms with Crippen molar-refractivity contribution < 1.29 is 19.1 Å². The molecule has 0 fully saturated rings. The smallest absolute Gasteiger partial charge is 0.344 e. The molecule has 0 aliphatic rings.